The summed E-state index contributed by atoms with van der Waals surface area (Å²) in [5, 5.41) is 0. The van der Waals surface area contributed by atoms with Crippen LogP contribution in [0.2, 0.25) is 6.04 Å². The molecule has 0 aliphatic heterocycles. The fourth-order valence-electron chi connectivity index (χ4n) is 1.67. The fourth-order valence-corrected chi connectivity index (χ4v) is 4.05. The van der Waals surface area contributed by atoms with Gasteiger partial charge >= 0.3 is 0 Å². The molecule has 1 rings (SSSR count). The predicted molar refractivity (Wildman–Crippen MR) is 66.9 cm³/mol. The third-order valence-corrected chi connectivity index (χ3v) is 5.57. The molecule has 1 aromatic rings. The molecule has 2 heteroatoms. The first-order valence-corrected chi connectivity index (χ1v) is 7.93. The van der Waals surface area contributed by atoms with Gasteiger partial charge in [-0.2, -0.15) is 0 Å². The normalized spacial score (nSPS) is 14.5. The Morgan fingerprint density at radius 3 is 2.53 bits per heavy atom. The Labute approximate surface area is 93.0 Å². The molecule has 0 amide bonds. The van der Waals surface area contributed by atoms with E-state index in [2.05, 4.69) is 13.5 Å². The molecule has 0 radical (unpaired) electrons. The standard InChI is InChI=1S/C13H19FSi/c1-3-5-11-15(14,4-2)12-13-9-7-6-8-10-13/h4,6-10H,2-3,5,11-12H2,1H3. The van der Waals surface area contributed by atoms with Crippen LogP contribution in [0.1, 0.15) is 25.3 Å². The maximum Gasteiger partial charge on any atom is 0.274 e. The maximum absolute atomic E-state index is 14.4. The first-order chi connectivity index (χ1) is 7.20. The SMILES string of the molecule is C=C[Si](F)(CCCC)Cc1ccccc1. The van der Waals surface area contributed by atoms with Gasteiger partial charge in [-0.25, -0.2) is 0 Å². The highest BCUT2D eigenvalue weighted by atomic mass is 28.4. The first-order valence-electron chi connectivity index (χ1n) is 5.56. The summed E-state index contributed by atoms with van der Waals surface area (Å²) in [6, 6.07) is 11.2. The van der Waals surface area contributed by atoms with Gasteiger partial charge in [-0.05, 0) is 17.7 Å². The van der Waals surface area contributed by atoms with Crippen molar-refractivity contribution in [2.24, 2.45) is 0 Å². The third-order valence-electron chi connectivity index (χ3n) is 2.65. The van der Waals surface area contributed by atoms with Crippen molar-refractivity contribution in [2.45, 2.75) is 31.9 Å². The third kappa shape index (κ3) is 4.00. The molecule has 0 saturated carbocycles. The van der Waals surface area contributed by atoms with E-state index < -0.39 is 8.41 Å². The number of hydrogen-bond acceptors (Lipinski definition) is 0. The van der Waals surface area contributed by atoms with Gasteiger partial charge in [0.05, 0.1) is 0 Å². The number of halogens is 1. The van der Waals surface area contributed by atoms with Crippen LogP contribution < -0.4 is 0 Å². The highest BCUT2D eigenvalue weighted by molar-refractivity contribution is 6.77. The molecule has 1 unspecified atom stereocenters. The summed E-state index contributed by atoms with van der Waals surface area (Å²) >= 11 is 0. The van der Waals surface area contributed by atoms with Crippen molar-refractivity contribution in [3.63, 3.8) is 0 Å². The Morgan fingerprint density at radius 2 is 2.00 bits per heavy atom. The van der Waals surface area contributed by atoms with E-state index in [0.717, 1.165) is 18.4 Å². The molecule has 0 heterocycles. The van der Waals surface area contributed by atoms with Gasteiger partial charge in [0.2, 0.25) is 0 Å². The minimum Gasteiger partial charge on any atom is -0.308 e. The Kier molecular flexibility index (Phi) is 4.76. The topological polar surface area (TPSA) is 0 Å². The summed E-state index contributed by atoms with van der Waals surface area (Å²) in [6.45, 7) is 5.77. The Balaban J connectivity index is 2.63. The molecular weight excluding hydrogens is 203 g/mol. The van der Waals surface area contributed by atoms with E-state index in [1.165, 1.54) is 0 Å². The van der Waals surface area contributed by atoms with Gasteiger partial charge in [0.15, 0.2) is 0 Å². The minimum atomic E-state index is -2.72. The lowest BCUT2D eigenvalue weighted by atomic mass is 10.2. The quantitative estimate of drug-likeness (QED) is 0.499. The van der Waals surface area contributed by atoms with Crippen LogP contribution in [-0.2, 0) is 6.04 Å². The molecule has 0 aromatic heterocycles. The monoisotopic (exact) mass is 222 g/mol. The van der Waals surface area contributed by atoms with E-state index in [4.69, 9.17) is 0 Å². The second-order valence-electron chi connectivity index (χ2n) is 4.00. The van der Waals surface area contributed by atoms with Crippen molar-refractivity contribution in [3.8, 4) is 0 Å². The molecule has 1 atom stereocenters. The van der Waals surface area contributed by atoms with Crippen LogP contribution in [0.5, 0.6) is 0 Å². The smallest absolute Gasteiger partial charge is 0.274 e. The highest BCUT2D eigenvalue weighted by Crippen LogP contribution is 2.21. The van der Waals surface area contributed by atoms with Crippen LogP contribution in [-0.4, -0.2) is 8.41 Å². The van der Waals surface area contributed by atoms with E-state index in [0.29, 0.717) is 12.1 Å². The van der Waals surface area contributed by atoms with Crippen molar-refractivity contribution >= 4 is 8.41 Å². The molecule has 0 N–H and O–H groups in total. The second-order valence-corrected chi connectivity index (χ2v) is 7.34. The van der Waals surface area contributed by atoms with Gasteiger partial charge in [0, 0.05) is 0 Å². The average molecular weight is 222 g/mol. The van der Waals surface area contributed by atoms with Crippen molar-refractivity contribution in [3.05, 3.63) is 48.2 Å². The lowest BCUT2D eigenvalue weighted by Crippen LogP contribution is -2.29. The predicted octanol–water partition coefficient (Wildman–Crippen LogP) is 4.21. The molecule has 1 aromatic carbocycles. The number of unbranched alkanes of at least 4 members (excludes halogenated alkanes) is 1. The van der Waals surface area contributed by atoms with Gasteiger partial charge in [-0.3, -0.25) is 0 Å². The van der Waals surface area contributed by atoms with Gasteiger partial charge < -0.3 is 4.11 Å². The zero-order chi connectivity index (χ0) is 11.1. The summed E-state index contributed by atoms with van der Waals surface area (Å²) < 4.78 is 14.4. The van der Waals surface area contributed by atoms with Gasteiger partial charge in [-0.15, -0.1) is 6.58 Å². The maximum atomic E-state index is 14.4. The van der Waals surface area contributed by atoms with Crippen molar-refractivity contribution < 1.29 is 4.11 Å². The van der Waals surface area contributed by atoms with Crippen LogP contribution in [0.4, 0.5) is 4.11 Å². The van der Waals surface area contributed by atoms with E-state index in [9.17, 15) is 4.11 Å². The molecule has 0 aliphatic carbocycles. The molecule has 0 bridgehead atoms. The molecular formula is C13H19FSi. The molecule has 0 saturated heterocycles. The average Bonchev–Trinajstić information content (AvgIpc) is 2.28. The summed E-state index contributed by atoms with van der Waals surface area (Å²) in [7, 11) is -2.72. The van der Waals surface area contributed by atoms with Gasteiger partial charge in [0.25, 0.3) is 8.41 Å². The lowest BCUT2D eigenvalue weighted by molar-refractivity contribution is 0.740. The van der Waals surface area contributed by atoms with E-state index in [1.807, 2.05) is 30.3 Å². The van der Waals surface area contributed by atoms with Crippen LogP contribution >= 0.6 is 0 Å². The van der Waals surface area contributed by atoms with Crippen molar-refractivity contribution in [1.82, 2.24) is 0 Å². The Morgan fingerprint density at radius 1 is 1.33 bits per heavy atom. The summed E-state index contributed by atoms with van der Waals surface area (Å²) in [5.74, 6) is 0. The van der Waals surface area contributed by atoms with Crippen LogP contribution in [0.25, 0.3) is 0 Å². The first kappa shape index (κ1) is 12.2. The Bertz CT molecular complexity index is 297. The second kappa shape index (κ2) is 5.86. The molecule has 0 spiro atoms. The molecule has 82 valence electrons. The van der Waals surface area contributed by atoms with Crippen molar-refractivity contribution in [2.75, 3.05) is 0 Å². The van der Waals surface area contributed by atoms with Crippen LogP contribution in [0.3, 0.4) is 0 Å². The lowest BCUT2D eigenvalue weighted by Gasteiger charge is -2.17. The summed E-state index contributed by atoms with van der Waals surface area (Å²) in [4.78, 5) is 0. The van der Waals surface area contributed by atoms with Crippen LogP contribution in [0.15, 0.2) is 42.6 Å². The molecule has 0 aliphatic rings. The highest BCUT2D eigenvalue weighted by Gasteiger charge is 2.29. The summed E-state index contributed by atoms with van der Waals surface area (Å²) in [6.07, 6.45) is 2.03. The fraction of sp³-hybridized carbons (Fsp3) is 0.385. The van der Waals surface area contributed by atoms with E-state index in [1.54, 1.807) is 5.70 Å². The molecule has 0 fully saturated rings. The number of rotatable bonds is 6. The zero-order valence-electron chi connectivity index (χ0n) is 9.38. The van der Waals surface area contributed by atoms with E-state index in [-0.39, 0.29) is 0 Å². The summed E-state index contributed by atoms with van der Waals surface area (Å²) in [5.41, 5.74) is 2.69. The van der Waals surface area contributed by atoms with E-state index >= 15 is 0 Å². The number of hydrogen-bond donors (Lipinski definition) is 0. The zero-order valence-corrected chi connectivity index (χ0v) is 10.4. The Hall–Kier alpha value is -0.893. The molecule has 0 nitrogen and oxygen atoms in total. The minimum absolute atomic E-state index is 0.581. The largest absolute Gasteiger partial charge is 0.308 e. The van der Waals surface area contributed by atoms with Crippen LogP contribution in [0, 0.1) is 0 Å². The molecule has 15 heavy (non-hydrogen) atoms. The van der Waals surface area contributed by atoms with Crippen molar-refractivity contribution in [1.29, 1.82) is 0 Å². The van der Waals surface area contributed by atoms with Gasteiger partial charge in [0.1, 0.15) is 0 Å². The number of benzene rings is 1. The van der Waals surface area contributed by atoms with Gasteiger partial charge in [-0.1, -0.05) is 55.8 Å².